The molecule has 0 saturated carbocycles. The number of aryl methyl sites for hydroxylation is 1. The van der Waals surface area contributed by atoms with Crippen LogP contribution in [0.2, 0.25) is 0 Å². The highest BCUT2D eigenvalue weighted by Crippen LogP contribution is 2.23. The Morgan fingerprint density at radius 1 is 1.24 bits per heavy atom. The lowest BCUT2D eigenvalue weighted by molar-refractivity contribution is 0.105. The SMILES string of the molecule is Cc1cc(S(=O)(=O)N2CC(C)N(C)C(C)C2)ccc1C#N. The van der Waals surface area contributed by atoms with Gasteiger partial charge < -0.3 is 0 Å². The van der Waals surface area contributed by atoms with Crippen LogP contribution >= 0.6 is 0 Å². The molecule has 2 rings (SSSR count). The van der Waals surface area contributed by atoms with Gasteiger partial charge in [-0.1, -0.05) is 0 Å². The van der Waals surface area contributed by atoms with Gasteiger partial charge >= 0.3 is 0 Å². The Balaban J connectivity index is 2.35. The van der Waals surface area contributed by atoms with Gasteiger partial charge in [0.15, 0.2) is 0 Å². The van der Waals surface area contributed by atoms with Crippen molar-refractivity contribution < 1.29 is 8.42 Å². The van der Waals surface area contributed by atoms with Crippen LogP contribution in [0.1, 0.15) is 25.0 Å². The summed E-state index contributed by atoms with van der Waals surface area (Å²) in [6.07, 6.45) is 0. The van der Waals surface area contributed by atoms with Crippen LogP contribution in [-0.2, 0) is 10.0 Å². The van der Waals surface area contributed by atoms with Crippen LogP contribution in [0, 0.1) is 18.3 Å². The van der Waals surface area contributed by atoms with Gasteiger partial charge in [0, 0.05) is 25.2 Å². The largest absolute Gasteiger partial charge is 0.298 e. The molecule has 5 nitrogen and oxygen atoms in total. The lowest BCUT2D eigenvalue weighted by atomic mass is 10.1. The topological polar surface area (TPSA) is 64.4 Å². The van der Waals surface area contributed by atoms with E-state index in [1.807, 2.05) is 20.9 Å². The van der Waals surface area contributed by atoms with Gasteiger partial charge in [0.25, 0.3) is 0 Å². The highest BCUT2D eigenvalue weighted by molar-refractivity contribution is 7.89. The molecule has 2 atom stereocenters. The molecule has 0 amide bonds. The average molecular weight is 307 g/mol. The maximum Gasteiger partial charge on any atom is 0.243 e. The van der Waals surface area contributed by atoms with Crippen LogP contribution in [0.4, 0.5) is 0 Å². The molecule has 0 N–H and O–H groups in total. The molecule has 1 aliphatic rings. The summed E-state index contributed by atoms with van der Waals surface area (Å²) in [6.45, 7) is 6.79. The average Bonchev–Trinajstić information content (AvgIpc) is 2.44. The fourth-order valence-corrected chi connectivity index (χ4v) is 4.31. The first-order valence-corrected chi connectivity index (χ1v) is 8.44. The van der Waals surface area contributed by atoms with E-state index in [1.54, 1.807) is 23.4 Å². The predicted molar refractivity (Wildman–Crippen MR) is 81.3 cm³/mol. The van der Waals surface area contributed by atoms with E-state index in [-0.39, 0.29) is 17.0 Å². The molecule has 0 aliphatic carbocycles. The van der Waals surface area contributed by atoms with Gasteiger partial charge in [0.2, 0.25) is 10.0 Å². The Kier molecular flexibility index (Phi) is 4.38. The molecule has 0 radical (unpaired) electrons. The third kappa shape index (κ3) is 2.95. The number of hydrogen-bond donors (Lipinski definition) is 0. The highest BCUT2D eigenvalue weighted by atomic mass is 32.2. The molecule has 6 heteroatoms. The Labute approximate surface area is 126 Å². The van der Waals surface area contributed by atoms with E-state index in [0.29, 0.717) is 24.2 Å². The van der Waals surface area contributed by atoms with E-state index < -0.39 is 10.0 Å². The second kappa shape index (κ2) is 5.76. The maximum atomic E-state index is 12.8. The van der Waals surface area contributed by atoms with Crippen molar-refractivity contribution in [1.29, 1.82) is 5.26 Å². The van der Waals surface area contributed by atoms with Crippen LogP contribution < -0.4 is 0 Å². The summed E-state index contributed by atoms with van der Waals surface area (Å²) in [5.41, 5.74) is 1.20. The number of sulfonamides is 1. The smallest absolute Gasteiger partial charge is 0.243 e. The summed E-state index contributed by atoms with van der Waals surface area (Å²) < 4.78 is 27.1. The fraction of sp³-hybridized carbons (Fsp3) is 0.533. The van der Waals surface area contributed by atoms with E-state index in [2.05, 4.69) is 11.0 Å². The van der Waals surface area contributed by atoms with Gasteiger partial charge in [-0.2, -0.15) is 9.57 Å². The first-order chi connectivity index (χ1) is 9.77. The molecule has 21 heavy (non-hydrogen) atoms. The number of nitriles is 1. The van der Waals surface area contributed by atoms with E-state index in [9.17, 15) is 8.42 Å². The van der Waals surface area contributed by atoms with Crippen molar-refractivity contribution in [2.45, 2.75) is 37.8 Å². The second-order valence-electron chi connectivity index (χ2n) is 5.77. The van der Waals surface area contributed by atoms with Gasteiger partial charge in [-0.25, -0.2) is 8.42 Å². The molecule has 0 spiro atoms. The van der Waals surface area contributed by atoms with Crippen molar-refractivity contribution in [3.63, 3.8) is 0 Å². The Morgan fingerprint density at radius 2 is 1.81 bits per heavy atom. The third-order valence-electron chi connectivity index (χ3n) is 4.28. The third-order valence-corrected chi connectivity index (χ3v) is 6.11. The first-order valence-electron chi connectivity index (χ1n) is 7.00. The molecule has 1 aromatic rings. The normalized spacial score (nSPS) is 24.7. The molecular weight excluding hydrogens is 286 g/mol. The number of likely N-dealkylation sites (N-methyl/N-ethyl adjacent to an activating group) is 1. The molecule has 1 fully saturated rings. The second-order valence-corrected chi connectivity index (χ2v) is 7.71. The van der Waals surface area contributed by atoms with Crippen molar-refractivity contribution in [1.82, 2.24) is 9.21 Å². The van der Waals surface area contributed by atoms with Gasteiger partial charge in [-0.3, -0.25) is 4.90 Å². The summed E-state index contributed by atoms with van der Waals surface area (Å²) in [5.74, 6) is 0. The van der Waals surface area contributed by atoms with E-state index in [0.717, 1.165) is 0 Å². The molecule has 0 aromatic heterocycles. The summed E-state index contributed by atoms with van der Waals surface area (Å²) in [7, 11) is -1.48. The van der Waals surface area contributed by atoms with Crippen molar-refractivity contribution in [3.8, 4) is 6.07 Å². The number of piperazine rings is 1. The van der Waals surface area contributed by atoms with E-state index in [1.165, 1.54) is 6.07 Å². The molecule has 1 heterocycles. The number of hydrogen-bond acceptors (Lipinski definition) is 4. The summed E-state index contributed by atoms with van der Waals surface area (Å²) in [5, 5.41) is 8.94. The molecular formula is C15H21N3O2S. The molecule has 114 valence electrons. The van der Waals surface area contributed by atoms with Gasteiger partial charge in [-0.05, 0) is 51.6 Å². The summed E-state index contributed by atoms with van der Waals surface area (Å²) >= 11 is 0. The first kappa shape index (κ1) is 16.0. The number of rotatable bonds is 2. The fourth-order valence-electron chi connectivity index (χ4n) is 2.62. The number of benzene rings is 1. The Hall–Kier alpha value is -1.42. The Morgan fingerprint density at radius 3 is 2.29 bits per heavy atom. The standard InChI is InChI=1S/C15H21N3O2S/c1-11-7-15(6-5-14(11)8-16)21(19,20)18-9-12(2)17(4)13(3)10-18/h5-7,12-13H,9-10H2,1-4H3. The van der Waals surface area contributed by atoms with Gasteiger partial charge in [-0.15, -0.1) is 0 Å². The van der Waals surface area contributed by atoms with E-state index >= 15 is 0 Å². The van der Waals surface area contributed by atoms with Crippen LogP contribution in [0.25, 0.3) is 0 Å². The minimum atomic E-state index is -3.50. The van der Waals surface area contributed by atoms with Crippen LogP contribution in [-0.4, -0.2) is 49.8 Å². The summed E-state index contributed by atoms with van der Waals surface area (Å²) in [6, 6.07) is 7.11. The number of nitrogens with zero attached hydrogens (tertiary/aromatic N) is 3. The molecule has 0 bridgehead atoms. The molecule has 1 aromatic carbocycles. The van der Waals surface area contributed by atoms with Crippen molar-refractivity contribution >= 4 is 10.0 Å². The van der Waals surface area contributed by atoms with Gasteiger partial charge in [0.1, 0.15) is 0 Å². The quantitative estimate of drug-likeness (QED) is 0.832. The highest BCUT2D eigenvalue weighted by Gasteiger charge is 2.34. The van der Waals surface area contributed by atoms with Crippen LogP contribution in [0.5, 0.6) is 0 Å². The lowest BCUT2D eigenvalue weighted by Gasteiger charge is -2.41. The van der Waals surface area contributed by atoms with Crippen molar-refractivity contribution in [2.24, 2.45) is 0 Å². The minimum absolute atomic E-state index is 0.183. The maximum absolute atomic E-state index is 12.8. The monoisotopic (exact) mass is 307 g/mol. The van der Waals surface area contributed by atoms with Crippen molar-refractivity contribution in [2.75, 3.05) is 20.1 Å². The zero-order chi connectivity index (χ0) is 15.8. The van der Waals surface area contributed by atoms with Crippen LogP contribution in [0.3, 0.4) is 0 Å². The van der Waals surface area contributed by atoms with Crippen LogP contribution in [0.15, 0.2) is 23.1 Å². The predicted octanol–water partition coefficient (Wildman–Crippen LogP) is 1.58. The summed E-state index contributed by atoms with van der Waals surface area (Å²) in [4.78, 5) is 2.46. The molecule has 1 saturated heterocycles. The van der Waals surface area contributed by atoms with Crippen molar-refractivity contribution in [3.05, 3.63) is 29.3 Å². The zero-order valence-corrected chi connectivity index (χ0v) is 13.7. The zero-order valence-electron chi connectivity index (χ0n) is 12.9. The van der Waals surface area contributed by atoms with E-state index in [4.69, 9.17) is 5.26 Å². The lowest BCUT2D eigenvalue weighted by Crippen LogP contribution is -2.56. The minimum Gasteiger partial charge on any atom is -0.298 e. The Bertz CT molecular complexity index is 667. The van der Waals surface area contributed by atoms with Gasteiger partial charge in [0.05, 0.1) is 16.5 Å². The molecule has 1 aliphatic heterocycles. The molecule has 2 unspecified atom stereocenters.